The Hall–Kier alpha value is -4.04. The minimum absolute atomic E-state index is 0.185. The lowest BCUT2D eigenvalue weighted by Crippen LogP contribution is -2.23. The van der Waals surface area contributed by atoms with E-state index < -0.39 is 5.92 Å². The number of benzene rings is 5. The van der Waals surface area contributed by atoms with Crippen LogP contribution < -0.4 is 0 Å². The molecule has 0 spiro atoms. The standard InChI is InChI=1S/C29H20O2/c30-28(21-11-3-1-4-12-21)27(29(31)22-13-5-2-6-14-22)26-17-9-16-24-23-15-8-7-10-20(23)18-19-25(24)26/h1-19,27H. The SMILES string of the molecule is O=C(c1ccccc1)C(C(=O)c1ccccc1)c1cccc2c1ccc1ccccc12. The van der Waals surface area contributed by atoms with Crippen LogP contribution in [-0.4, -0.2) is 11.6 Å². The molecule has 0 amide bonds. The highest BCUT2D eigenvalue weighted by Crippen LogP contribution is 2.34. The van der Waals surface area contributed by atoms with Crippen LogP contribution in [0, 0.1) is 0 Å². The molecule has 0 bridgehead atoms. The molecule has 0 aliphatic rings. The van der Waals surface area contributed by atoms with Gasteiger partial charge in [0, 0.05) is 11.1 Å². The average Bonchev–Trinajstić information content (AvgIpc) is 2.85. The van der Waals surface area contributed by atoms with Crippen LogP contribution in [0.25, 0.3) is 21.5 Å². The molecule has 0 heterocycles. The van der Waals surface area contributed by atoms with Gasteiger partial charge in [0.2, 0.25) is 0 Å². The van der Waals surface area contributed by atoms with Gasteiger partial charge in [0.25, 0.3) is 0 Å². The predicted octanol–water partition coefficient (Wildman–Crippen LogP) is 6.84. The summed E-state index contributed by atoms with van der Waals surface area (Å²) >= 11 is 0. The predicted molar refractivity (Wildman–Crippen MR) is 126 cm³/mol. The van der Waals surface area contributed by atoms with Crippen LogP contribution in [0.5, 0.6) is 0 Å². The summed E-state index contributed by atoms with van der Waals surface area (Å²) < 4.78 is 0. The fraction of sp³-hybridized carbons (Fsp3) is 0.0345. The van der Waals surface area contributed by atoms with Crippen LogP contribution in [0.3, 0.4) is 0 Å². The van der Waals surface area contributed by atoms with Crippen LogP contribution in [-0.2, 0) is 0 Å². The summed E-state index contributed by atoms with van der Waals surface area (Å²) in [5, 5.41) is 4.22. The van der Waals surface area contributed by atoms with Crippen molar-refractivity contribution < 1.29 is 9.59 Å². The van der Waals surface area contributed by atoms with Gasteiger partial charge in [0.1, 0.15) is 5.92 Å². The molecule has 5 rings (SSSR count). The van der Waals surface area contributed by atoms with Crippen LogP contribution >= 0.6 is 0 Å². The number of hydrogen-bond acceptors (Lipinski definition) is 2. The van der Waals surface area contributed by atoms with Crippen LogP contribution in [0.15, 0.2) is 115 Å². The molecule has 2 nitrogen and oxygen atoms in total. The highest BCUT2D eigenvalue weighted by molar-refractivity contribution is 6.22. The Morgan fingerprint density at radius 3 is 1.65 bits per heavy atom. The van der Waals surface area contributed by atoms with Crippen molar-refractivity contribution >= 4 is 33.1 Å². The fourth-order valence-corrected chi connectivity index (χ4v) is 4.26. The highest BCUT2D eigenvalue weighted by atomic mass is 16.2. The number of Topliss-reactive ketones (excluding diaryl/α,β-unsaturated/α-hetero) is 2. The van der Waals surface area contributed by atoms with Crippen LogP contribution in [0.1, 0.15) is 32.2 Å². The summed E-state index contributed by atoms with van der Waals surface area (Å²) in [5.74, 6) is -1.28. The number of rotatable bonds is 5. The van der Waals surface area contributed by atoms with E-state index in [-0.39, 0.29) is 11.6 Å². The quantitative estimate of drug-likeness (QED) is 0.184. The zero-order valence-electron chi connectivity index (χ0n) is 16.9. The average molecular weight is 400 g/mol. The van der Waals surface area contributed by atoms with Gasteiger partial charge >= 0.3 is 0 Å². The molecule has 0 radical (unpaired) electrons. The topological polar surface area (TPSA) is 34.1 Å². The number of carbonyl (C=O) groups is 2. The lowest BCUT2D eigenvalue weighted by molar-refractivity contribution is 0.0861. The first-order chi connectivity index (χ1) is 15.2. The van der Waals surface area contributed by atoms with E-state index in [0.717, 1.165) is 27.1 Å². The van der Waals surface area contributed by atoms with E-state index in [2.05, 4.69) is 24.3 Å². The van der Waals surface area contributed by atoms with Gasteiger partial charge in [0.15, 0.2) is 11.6 Å². The monoisotopic (exact) mass is 400 g/mol. The Bertz CT molecular complexity index is 1350. The molecule has 0 saturated carbocycles. The summed E-state index contributed by atoms with van der Waals surface area (Å²) in [5.41, 5.74) is 1.81. The minimum Gasteiger partial charge on any atom is -0.293 e. The maximum Gasteiger partial charge on any atom is 0.178 e. The fourth-order valence-electron chi connectivity index (χ4n) is 4.26. The number of carbonyl (C=O) groups excluding carboxylic acids is 2. The third-order valence-electron chi connectivity index (χ3n) is 5.77. The van der Waals surface area contributed by atoms with Crippen molar-refractivity contribution in [2.24, 2.45) is 0 Å². The molecule has 31 heavy (non-hydrogen) atoms. The van der Waals surface area contributed by atoms with Crippen molar-refractivity contribution in [1.82, 2.24) is 0 Å². The number of ketones is 2. The van der Waals surface area contributed by atoms with Gasteiger partial charge in [0.05, 0.1) is 0 Å². The number of hydrogen-bond donors (Lipinski definition) is 0. The van der Waals surface area contributed by atoms with E-state index in [1.807, 2.05) is 66.7 Å². The molecule has 0 aliphatic heterocycles. The zero-order valence-corrected chi connectivity index (χ0v) is 16.9. The second-order valence-electron chi connectivity index (χ2n) is 7.62. The van der Waals surface area contributed by atoms with Crippen molar-refractivity contribution in [2.45, 2.75) is 5.92 Å². The molecule has 0 N–H and O–H groups in total. The summed E-state index contributed by atoms with van der Waals surface area (Å²) in [4.78, 5) is 27.3. The molecule has 0 atom stereocenters. The van der Waals surface area contributed by atoms with Gasteiger partial charge in [-0.2, -0.15) is 0 Å². The third-order valence-corrected chi connectivity index (χ3v) is 5.77. The van der Waals surface area contributed by atoms with Gasteiger partial charge in [-0.25, -0.2) is 0 Å². The molecule has 0 unspecified atom stereocenters. The summed E-state index contributed by atoms with van der Waals surface area (Å²) in [7, 11) is 0. The lowest BCUT2D eigenvalue weighted by Gasteiger charge is -2.18. The zero-order chi connectivity index (χ0) is 21.2. The van der Waals surface area contributed by atoms with Gasteiger partial charge in [-0.05, 0) is 27.1 Å². The largest absolute Gasteiger partial charge is 0.293 e. The maximum absolute atomic E-state index is 13.6. The molecular weight excluding hydrogens is 380 g/mol. The van der Waals surface area contributed by atoms with Crippen molar-refractivity contribution in [3.63, 3.8) is 0 Å². The second-order valence-corrected chi connectivity index (χ2v) is 7.62. The maximum atomic E-state index is 13.6. The summed E-state index contributed by atoms with van der Waals surface area (Å²) in [6.45, 7) is 0. The molecule has 0 aliphatic carbocycles. The Morgan fingerprint density at radius 1 is 0.452 bits per heavy atom. The molecule has 0 fully saturated rings. The molecule has 5 aromatic rings. The van der Waals surface area contributed by atoms with Gasteiger partial charge in [-0.3, -0.25) is 9.59 Å². The Morgan fingerprint density at radius 2 is 1.00 bits per heavy atom. The molecule has 5 aromatic carbocycles. The first-order valence-electron chi connectivity index (χ1n) is 10.3. The first kappa shape index (κ1) is 19.0. The Kier molecular flexibility index (Phi) is 4.89. The molecule has 0 saturated heterocycles. The summed E-state index contributed by atoms with van der Waals surface area (Å²) in [6.07, 6.45) is 0. The third kappa shape index (κ3) is 3.43. The van der Waals surface area contributed by atoms with E-state index in [1.165, 1.54) is 0 Å². The van der Waals surface area contributed by atoms with E-state index >= 15 is 0 Å². The van der Waals surface area contributed by atoms with Crippen molar-refractivity contribution in [3.8, 4) is 0 Å². The van der Waals surface area contributed by atoms with E-state index in [4.69, 9.17) is 0 Å². The van der Waals surface area contributed by atoms with Gasteiger partial charge in [-0.1, -0.05) is 115 Å². The van der Waals surface area contributed by atoms with Crippen LogP contribution in [0.4, 0.5) is 0 Å². The molecular formula is C29H20O2. The Balaban J connectivity index is 1.75. The van der Waals surface area contributed by atoms with Crippen molar-refractivity contribution in [1.29, 1.82) is 0 Å². The highest BCUT2D eigenvalue weighted by Gasteiger charge is 2.31. The normalized spacial score (nSPS) is 11.1. The van der Waals surface area contributed by atoms with E-state index in [0.29, 0.717) is 11.1 Å². The molecule has 0 aromatic heterocycles. The van der Waals surface area contributed by atoms with Gasteiger partial charge in [-0.15, -0.1) is 0 Å². The van der Waals surface area contributed by atoms with E-state index in [1.54, 1.807) is 24.3 Å². The minimum atomic E-state index is -0.908. The van der Waals surface area contributed by atoms with Gasteiger partial charge < -0.3 is 0 Å². The molecule has 148 valence electrons. The molecule has 2 heteroatoms. The smallest absolute Gasteiger partial charge is 0.178 e. The number of fused-ring (bicyclic) bond motifs is 3. The second kappa shape index (κ2) is 8.00. The van der Waals surface area contributed by atoms with Crippen molar-refractivity contribution in [2.75, 3.05) is 0 Å². The van der Waals surface area contributed by atoms with E-state index in [9.17, 15) is 9.59 Å². The first-order valence-corrected chi connectivity index (χ1v) is 10.3. The van der Waals surface area contributed by atoms with Crippen LogP contribution in [0.2, 0.25) is 0 Å². The Labute approximate surface area is 180 Å². The lowest BCUT2D eigenvalue weighted by atomic mass is 9.82. The van der Waals surface area contributed by atoms with Crippen molar-refractivity contribution in [3.05, 3.63) is 132 Å². The summed E-state index contributed by atoms with van der Waals surface area (Å²) in [6, 6.07) is 36.3.